The smallest absolute Gasteiger partial charge is 0.336 e. The van der Waals surface area contributed by atoms with Gasteiger partial charge in [0.1, 0.15) is 5.60 Å². The molecule has 3 rings (SSSR count). The van der Waals surface area contributed by atoms with Gasteiger partial charge in [-0.2, -0.15) is 0 Å². The zero-order valence-corrected chi connectivity index (χ0v) is 14.1. The van der Waals surface area contributed by atoms with Crippen molar-refractivity contribution in [2.75, 3.05) is 14.2 Å². The fourth-order valence-electron chi connectivity index (χ4n) is 4.77. The Kier molecular flexibility index (Phi) is 3.48. The Morgan fingerprint density at radius 1 is 1.32 bits per heavy atom. The van der Waals surface area contributed by atoms with E-state index in [-0.39, 0.29) is 23.9 Å². The summed E-state index contributed by atoms with van der Waals surface area (Å²) in [4.78, 5) is 12.1. The largest absolute Gasteiger partial charge is 0.425 e. The quantitative estimate of drug-likeness (QED) is 0.792. The minimum atomic E-state index is -1.14. The summed E-state index contributed by atoms with van der Waals surface area (Å²) < 4.78 is 16.8. The molecular formula is C17H26O5. The third-order valence-corrected chi connectivity index (χ3v) is 6.61. The Labute approximate surface area is 131 Å². The predicted molar refractivity (Wildman–Crippen MR) is 80.0 cm³/mol. The van der Waals surface area contributed by atoms with Crippen molar-refractivity contribution in [1.29, 1.82) is 0 Å². The second-order valence-corrected chi connectivity index (χ2v) is 7.35. The summed E-state index contributed by atoms with van der Waals surface area (Å²) >= 11 is 0. The number of methoxy groups -OCH3 is 2. The summed E-state index contributed by atoms with van der Waals surface area (Å²) in [6.45, 7) is 6.06. The van der Waals surface area contributed by atoms with Crippen LogP contribution in [0.1, 0.15) is 46.5 Å². The molecule has 0 radical (unpaired) electrons. The lowest BCUT2D eigenvalue weighted by Crippen LogP contribution is -2.67. The van der Waals surface area contributed by atoms with Gasteiger partial charge < -0.3 is 19.3 Å². The molecule has 1 N–H and O–H groups in total. The van der Waals surface area contributed by atoms with Crippen LogP contribution >= 0.6 is 0 Å². The molecule has 1 heterocycles. The molecule has 22 heavy (non-hydrogen) atoms. The van der Waals surface area contributed by atoms with Gasteiger partial charge in [0, 0.05) is 37.2 Å². The number of aliphatic hydroxyl groups is 1. The number of carbonyl (C=O) groups excluding carboxylic acids is 1. The minimum absolute atomic E-state index is 0.230. The predicted octanol–water partition coefficient (Wildman–Crippen LogP) is 2.18. The molecule has 0 bridgehead atoms. The first-order valence-electron chi connectivity index (χ1n) is 7.98. The number of esters is 1. The van der Waals surface area contributed by atoms with Crippen molar-refractivity contribution in [3.05, 3.63) is 11.1 Å². The molecule has 0 aromatic heterocycles. The average Bonchev–Trinajstić information content (AvgIpc) is 2.71. The van der Waals surface area contributed by atoms with Crippen molar-refractivity contribution in [3.63, 3.8) is 0 Å². The van der Waals surface area contributed by atoms with E-state index in [1.807, 2.05) is 0 Å². The van der Waals surface area contributed by atoms with Crippen LogP contribution in [0.15, 0.2) is 11.1 Å². The molecule has 124 valence electrons. The van der Waals surface area contributed by atoms with Gasteiger partial charge in [-0.05, 0) is 32.1 Å². The van der Waals surface area contributed by atoms with Gasteiger partial charge in [0.15, 0.2) is 0 Å². The summed E-state index contributed by atoms with van der Waals surface area (Å²) in [5.41, 5.74) is 0.0650. The zero-order chi connectivity index (χ0) is 16.3. The van der Waals surface area contributed by atoms with E-state index in [1.165, 1.54) is 7.11 Å². The van der Waals surface area contributed by atoms with Gasteiger partial charge in [-0.3, -0.25) is 0 Å². The minimum Gasteiger partial charge on any atom is -0.425 e. The van der Waals surface area contributed by atoms with E-state index in [0.717, 1.165) is 18.4 Å². The molecule has 2 saturated carbocycles. The van der Waals surface area contributed by atoms with Crippen molar-refractivity contribution in [1.82, 2.24) is 0 Å². The van der Waals surface area contributed by atoms with Gasteiger partial charge in [0.05, 0.1) is 6.10 Å². The topological polar surface area (TPSA) is 65.0 Å². The summed E-state index contributed by atoms with van der Waals surface area (Å²) in [6.07, 6.45) is 2.35. The first-order chi connectivity index (χ1) is 10.2. The highest BCUT2D eigenvalue weighted by molar-refractivity contribution is 5.92. The molecule has 3 aliphatic rings. The third-order valence-electron chi connectivity index (χ3n) is 6.61. The number of carbonyl (C=O) groups is 1. The molecule has 0 amide bonds. The van der Waals surface area contributed by atoms with E-state index in [1.54, 1.807) is 14.0 Å². The highest BCUT2D eigenvalue weighted by atomic mass is 16.7. The van der Waals surface area contributed by atoms with E-state index >= 15 is 0 Å². The summed E-state index contributed by atoms with van der Waals surface area (Å²) in [6, 6.07) is 0. The van der Waals surface area contributed by atoms with E-state index < -0.39 is 11.4 Å². The van der Waals surface area contributed by atoms with Crippen LogP contribution in [0, 0.1) is 11.3 Å². The standard InChI is InChI=1S/C17H26O5/c1-10-6-7-13(20-4)16(19)9-17(21-5)12(8-15(10,16)3)11(2)14(18)22-17/h10,13,19H,6-9H2,1-5H3. The van der Waals surface area contributed by atoms with Crippen molar-refractivity contribution < 1.29 is 24.1 Å². The summed E-state index contributed by atoms with van der Waals surface area (Å²) in [7, 11) is 3.17. The van der Waals surface area contributed by atoms with Crippen LogP contribution in [0.25, 0.3) is 0 Å². The van der Waals surface area contributed by atoms with E-state index in [0.29, 0.717) is 17.9 Å². The number of hydrogen-bond acceptors (Lipinski definition) is 5. The second kappa shape index (κ2) is 4.79. The maximum absolute atomic E-state index is 12.1. The maximum atomic E-state index is 12.1. The average molecular weight is 310 g/mol. The van der Waals surface area contributed by atoms with Crippen molar-refractivity contribution in [3.8, 4) is 0 Å². The van der Waals surface area contributed by atoms with E-state index in [2.05, 4.69) is 13.8 Å². The Balaban J connectivity index is 2.13. The van der Waals surface area contributed by atoms with Crippen molar-refractivity contribution in [2.24, 2.45) is 11.3 Å². The number of hydrogen-bond donors (Lipinski definition) is 1. The first kappa shape index (κ1) is 16.0. The van der Waals surface area contributed by atoms with Gasteiger partial charge in [-0.1, -0.05) is 13.8 Å². The van der Waals surface area contributed by atoms with Crippen molar-refractivity contribution in [2.45, 2.75) is 63.9 Å². The normalized spacial score (nSPS) is 48.0. The van der Waals surface area contributed by atoms with Crippen LogP contribution in [0.4, 0.5) is 0 Å². The van der Waals surface area contributed by atoms with Crippen molar-refractivity contribution >= 4 is 5.97 Å². The molecule has 1 aliphatic heterocycles. The lowest BCUT2D eigenvalue weighted by atomic mass is 9.50. The number of rotatable bonds is 2. The molecule has 0 spiro atoms. The molecule has 0 aromatic carbocycles. The molecular weight excluding hydrogens is 284 g/mol. The van der Waals surface area contributed by atoms with Crippen LogP contribution in [0.2, 0.25) is 0 Å². The Morgan fingerprint density at radius 2 is 2.00 bits per heavy atom. The molecule has 2 fully saturated rings. The number of fused-ring (bicyclic) bond motifs is 2. The van der Waals surface area contributed by atoms with Crippen LogP contribution < -0.4 is 0 Å². The molecule has 5 unspecified atom stereocenters. The highest BCUT2D eigenvalue weighted by Crippen LogP contribution is 2.62. The molecule has 0 aromatic rings. The van der Waals surface area contributed by atoms with Gasteiger partial charge in [-0.15, -0.1) is 0 Å². The van der Waals surface area contributed by atoms with Crippen LogP contribution in [-0.2, 0) is 19.0 Å². The first-order valence-corrected chi connectivity index (χ1v) is 7.98. The zero-order valence-electron chi connectivity index (χ0n) is 14.1. The van der Waals surface area contributed by atoms with Crippen LogP contribution in [0.5, 0.6) is 0 Å². The van der Waals surface area contributed by atoms with E-state index in [9.17, 15) is 9.90 Å². The van der Waals surface area contributed by atoms with Gasteiger partial charge in [-0.25, -0.2) is 4.79 Å². The van der Waals surface area contributed by atoms with Gasteiger partial charge in [0.25, 0.3) is 0 Å². The van der Waals surface area contributed by atoms with E-state index in [4.69, 9.17) is 14.2 Å². The highest BCUT2D eigenvalue weighted by Gasteiger charge is 2.68. The Hall–Kier alpha value is -0.910. The molecule has 0 saturated heterocycles. The maximum Gasteiger partial charge on any atom is 0.336 e. The van der Waals surface area contributed by atoms with Gasteiger partial charge in [0.2, 0.25) is 5.79 Å². The summed E-state index contributed by atoms with van der Waals surface area (Å²) in [5.74, 6) is -1.15. The monoisotopic (exact) mass is 310 g/mol. The number of ether oxygens (including phenoxy) is 3. The lowest BCUT2D eigenvalue weighted by molar-refractivity contribution is -0.284. The van der Waals surface area contributed by atoms with Gasteiger partial charge >= 0.3 is 5.97 Å². The third kappa shape index (κ3) is 1.73. The van der Waals surface area contributed by atoms with Crippen LogP contribution in [0.3, 0.4) is 0 Å². The fraction of sp³-hybridized carbons (Fsp3) is 0.824. The summed E-state index contributed by atoms with van der Waals surface area (Å²) in [5, 5.41) is 11.6. The molecule has 2 aliphatic carbocycles. The lowest BCUT2D eigenvalue weighted by Gasteiger charge is -2.61. The fourth-order valence-corrected chi connectivity index (χ4v) is 4.77. The second-order valence-electron chi connectivity index (χ2n) is 7.35. The Morgan fingerprint density at radius 3 is 2.59 bits per heavy atom. The molecule has 5 atom stereocenters. The molecule has 5 heteroatoms. The molecule has 5 nitrogen and oxygen atoms in total. The van der Waals surface area contributed by atoms with Crippen LogP contribution in [-0.4, -0.2) is 42.8 Å². The Bertz CT molecular complexity index is 541. The SMILES string of the molecule is COC1CCC(C)C2(C)CC3=C(C)C(=O)OC3(OC)CC12O.